The lowest BCUT2D eigenvalue weighted by atomic mass is 9.82. The molecule has 25 heavy (non-hydrogen) atoms. The predicted molar refractivity (Wildman–Crippen MR) is 93.9 cm³/mol. The Morgan fingerprint density at radius 3 is 2.72 bits per heavy atom. The maximum absolute atomic E-state index is 12.5. The summed E-state index contributed by atoms with van der Waals surface area (Å²) in [4.78, 5) is 41.4. The summed E-state index contributed by atoms with van der Waals surface area (Å²) in [6.07, 6.45) is 0. The van der Waals surface area contributed by atoms with Gasteiger partial charge in [0.1, 0.15) is 5.82 Å². The van der Waals surface area contributed by atoms with Crippen molar-refractivity contribution in [3.8, 4) is 0 Å². The van der Waals surface area contributed by atoms with Crippen LogP contribution in [0, 0.1) is 0 Å². The van der Waals surface area contributed by atoms with Crippen LogP contribution in [0.1, 0.15) is 30.9 Å². The summed E-state index contributed by atoms with van der Waals surface area (Å²) < 4.78 is 5.16. The number of aromatic amines is 2. The minimum atomic E-state index is -0.713. The SMILES string of the molecule is CCOC(=O)C1=C(C)Nc2[nH]c(=O)[nH]c(=O)c2C1c1cccc(Cl)c1. The number of hydrogen-bond donors (Lipinski definition) is 3. The minimum absolute atomic E-state index is 0.201. The molecule has 7 nitrogen and oxygen atoms in total. The average molecular weight is 362 g/mol. The fourth-order valence-corrected chi connectivity index (χ4v) is 3.18. The van der Waals surface area contributed by atoms with E-state index in [0.717, 1.165) is 0 Å². The molecule has 130 valence electrons. The maximum atomic E-state index is 12.5. The molecule has 0 spiro atoms. The molecule has 0 radical (unpaired) electrons. The molecular weight excluding hydrogens is 346 g/mol. The Balaban J connectivity index is 2.30. The van der Waals surface area contributed by atoms with E-state index in [0.29, 0.717) is 21.9 Å². The number of H-pyrrole nitrogens is 2. The average Bonchev–Trinajstić information content (AvgIpc) is 2.53. The number of esters is 1. The van der Waals surface area contributed by atoms with Gasteiger partial charge in [-0.25, -0.2) is 9.59 Å². The van der Waals surface area contributed by atoms with Crippen LogP contribution in [-0.4, -0.2) is 22.5 Å². The second-order valence-electron chi connectivity index (χ2n) is 5.57. The lowest BCUT2D eigenvalue weighted by Gasteiger charge is -2.28. The number of nitrogens with one attached hydrogen (secondary N) is 3. The molecule has 2 heterocycles. The number of ether oxygens (including phenoxy) is 1. The Hall–Kier alpha value is -2.80. The van der Waals surface area contributed by atoms with Crippen LogP contribution >= 0.6 is 11.6 Å². The molecule has 0 bridgehead atoms. The highest BCUT2D eigenvalue weighted by atomic mass is 35.5. The smallest absolute Gasteiger partial charge is 0.336 e. The number of anilines is 1. The zero-order valence-electron chi connectivity index (χ0n) is 13.6. The van der Waals surface area contributed by atoms with Gasteiger partial charge in [0, 0.05) is 10.7 Å². The number of carbonyl (C=O) groups excluding carboxylic acids is 1. The van der Waals surface area contributed by atoms with E-state index in [1.807, 2.05) is 0 Å². The molecule has 3 rings (SSSR count). The molecule has 1 aliphatic heterocycles. The van der Waals surface area contributed by atoms with Crippen LogP contribution in [0.2, 0.25) is 5.02 Å². The number of rotatable bonds is 3. The molecule has 2 aromatic rings. The van der Waals surface area contributed by atoms with E-state index in [1.165, 1.54) is 0 Å². The summed E-state index contributed by atoms with van der Waals surface area (Å²) in [6.45, 7) is 3.59. The number of benzene rings is 1. The van der Waals surface area contributed by atoms with Crippen molar-refractivity contribution in [3.63, 3.8) is 0 Å². The number of halogens is 1. The third-order valence-corrected chi connectivity index (χ3v) is 4.19. The van der Waals surface area contributed by atoms with Crippen molar-refractivity contribution in [2.24, 2.45) is 0 Å². The van der Waals surface area contributed by atoms with Gasteiger partial charge in [-0.1, -0.05) is 23.7 Å². The first-order valence-electron chi connectivity index (χ1n) is 7.69. The summed E-state index contributed by atoms with van der Waals surface area (Å²) in [6, 6.07) is 6.88. The van der Waals surface area contributed by atoms with Crippen LogP contribution in [-0.2, 0) is 9.53 Å². The van der Waals surface area contributed by atoms with Crippen LogP contribution in [0.25, 0.3) is 0 Å². The number of hydrogen-bond acceptors (Lipinski definition) is 5. The number of allylic oxidation sites excluding steroid dienone is 1. The molecule has 0 amide bonds. The van der Waals surface area contributed by atoms with E-state index >= 15 is 0 Å². The third-order valence-electron chi connectivity index (χ3n) is 3.95. The van der Waals surface area contributed by atoms with Gasteiger partial charge in [0.2, 0.25) is 0 Å². The predicted octanol–water partition coefficient (Wildman–Crippen LogP) is 2.11. The first kappa shape index (κ1) is 17.0. The molecule has 3 N–H and O–H groups in total. The Kier molecular flexibility index (Phi) is 4.50. The van der Waals surface area contributed by atoms with Crippen molar-refractivity contribution in [3.05, 3.63) is 72.5 Å². The lowest BCUT2D eigenvalue weighted by molar-refractivity contribution is -0.138. The second kappa shape index (κ2) is 6.60. The molecular formula is C17H16ClN3O4. The summed E-state index contributed by atoms with van der Waals surface area (Å²) in [5.74, 6) is -0.993. The molecule has 8 heteroatoms. The molecule has 0 saturated carbocycles. The number of aromatic nitrogens is 2. The zero-order valence-corrected chi connectivity index (χ0v) is 14.4. The van der Waals surface area contributed by atoms with E-state index in [1.54, 1.807) is 38.1 Å². The van der Waals surface area contributed by atoms with E-state index in [-0.39, 0.29) is 18.0 Å². The van der Waals surface area contributed by atoms with Crippen molar-refractivity contribution in [1.82, 2.24) is 9.97 Å². The Labute approximate surface area is 147 Å². The molecule has 1 aromatic heterocycles. The van der Waals surface area contributed by atoms with Gasteiger partial charge in [-0.15, -0.1) is 0 Å². The maximum Gasteiger partial charge on any atom is 0.336 e. The number of carbonyl (C=O) groups is 1. The summed E-state index contributed by atoms with van der Waals surface area (Å²) in [5.41, 5.74) is 0.469. The van der Waals surface area contributed by atoms with Crippen molar-refractivity contribution >= 4 is 23.4 Å². The van der Waals surface area contributed by atoms with E-state index in [9.17, 15) is 14.4 Å². The van der Waals surface area contributed by atoms with Crippen LogP contribution in [0.3, 0.4) is 0 Å². The topological polar surface area (TPSA) is 104 Å². The van der Waals surface area contributed by atoms with Crippen LogP contribution in [0.5, 0.6) is 0 Å². The third kappa shape index (κ3) is 3.10. The number of fused-ring (bicyclic) bond motifs is 1. The molecule has 0 fully saturated rings. The van der Waals surface area contributed by atoms with Crippen LogP contribution < -0.4 is 16.6 Å². The molecule has 1 aliphatic rings. The van der Waals surface area contributed by atoms with E-state index in [4.69, 9.17) is 16.3 Å². The molecule has 1 atom stereocenters. The minimum Gasteiger partial charge on any atom is -0.463 e. The van der Waals surface area contributed by atoms with Crippen LogP contribution in [0.4, 0.5) is 5.82 Å². The molecule has 0 saturated heterocycles. The van der Waals surface area contributed by atoms with Crippen LogP contribution in [0.15, 0.2) is 45.1 Å². The van der Waals surface area contributed by atoms with Crippen molar-refractivity contribution in [2.75, 3.05) is 11.9 Å². The fourth-order valence-electron chi connectivity index (χ4n) is 2.99. The monoisotopic (exact) mass is 361 g/mol. The highest BCUT2D eigenvalue weighted by Gasteiger charge is 2.35. The van der Waals surface area contributed by atoms with Crippen molar-refractivity contribution in [2.45, 2.75) is 19.8 Å². The molecule has 1 aromatic carbocycles. The molecule has 0 aliphatic carbocycles. The van der Waals surface area contributed by atoms with Gasteiger partial charge >= 0.3 is 11.7 Å². The first-order valence-corrected chi connectivity index (χ1v) is 8.07. The summed E-state index contributed by atoms with van der Waals surface area (Å²) in [5, 5.41) is 3.39. The largest absolute Gasteiger partial charge is 0.463 e. The van der Waals surface area contributed by atoms with Crippen molar-refractivity contribution in [1.29, 1.82) is 0 Å². The van der Waals surface area contributed by atoms with Gasteiger partial charge in [0.15, 0.2) is 0 Å². The van der Waals surface area contributed by atoms with Gasteiger partial charge < -0.3 is 10.1 Å². The lowest BCUT2D eigenvalue weighted by Crippen LogP contribution is -2.35. The van der Waals surface area contributed by atoms with E-state index < -0.39 is 23.1 Å². The zero-order chi connectivity index (χ0) is 18.1. The quantitative estimate of drug-likeness (QED) is 0.726. The highest BCUT2D eigenvalue weighted by molar-refractivity contribution is 6.30. The highest BCUT2D eigenvalue weighted by Crippen LogP contribution is 2.39. The van der Waals surface area contributed by atoms with E-state index in [2.05, 4.69) is 15.3 Å². The fraction of sp³-hybridized carbons (Fsp3) is 0.235. The van der Waals surface area contributed by atoms with Gasteiger partial charge in [0.05, 0.1) is 23.7 Å². The summed E-state index contributed by atoms with van der Waals surface area (Å²) >= 11 is 6.09. The standard InChI is InChI=1S/C17H16ClN3O4/c1-3-25-16(23)11-8(2)19-14-13(15(22)21-17(24)20-14)12(11)9-5-4-6-10(18)7-9/h4-7,12H,3H2,1-2H3,(H3,19,20,21,22,24). The Bertz CT molecular complexity index is 990. The summed E-state index contributed by atoms with van der Waals surface area (Å²) in [7, 11) is 0. The van der Waals surface area contributed by atoms with Crippen molar-refractivity contribution < 1.29 is 9.53 Å². The second-order valence-corrected chi connectivity index (χ2v) is 6.01. The Morgan fingerprint density at radius 1 is 1.28 bits per heavy atom. The first-order chi connectivity index (χ1) is 11.9. The van der Waals surface area contributed by atoms with Gasteiger partial charge in [-0.3, -0.25) is 14.8 Å². The Morgan fingerprint density at radius 2 is 2.04 bits per heavy atom. The molecule has 1 unspecified atom stereocenters. The van der Waals surface area contributed by atoms with Gasteiger partial charge in [0.25, 0.3) is 5.56 Å². The normalized spacial score (nSPS) is 16.2. The van der Waals surface area contributed by atoms with Gasteiger partial charge in [-0.05, 0) is 31.5 Å². The van der Waals surface area contributed by atoms with Gasteiger partial charge in [-0.2, -0.15) is 0 Å².